The highest BCUT2D eigenvalue weighted by Crippen LogP contribution is 2.31. The zero-order chi connectivity index (χ0) is 18.0. The third kappa shape index (κ3) is 3.63. The van der Waals surface area contributed by atoms with E-state index in [1.54, 1.807) is 0 Å². The minimum Gasteiger partial charge on any atom is -0.378 e. The average molecular weight is 351 g/mol. The number of ether oxygens (including phenoxy) is 1. The predicted molar refractivity (Wildman–Crippen MR) is 86.1 cm³/mol. The van der Waals surface area contributed by atoms with Crippen molar-refractivity contribution in [1.29, 1.82) is 0 Å². The van der Waals surface area contributed by atoms with Gasteiger partial charge in [0.1, 0.15) is 17.3 Å². The molecule has 0 unspecified atom stereocenters. The summed E-state index contributed by atoms with van der Waals surface area (Å²) in [4.78, 5) is 20.9. The van der Waals surface area contributed by atoms with Gasteiger partial charge in [-0.15, -0.1) is 0 Å². The maximum Gasteiger partial charge on any atom is 0.332 e. The van der Waals surface area contributed by atoms with E-state index in [-0.39, 0.29) is 28.8 Å². The van der Waals surface area contributed by atoms with E-state index in [2.05, 4.69) is 15.3 Å². The third-order valence-corrected chi connectivity index (χ3v) is 3.71. The fourth-order valence-electron chi connectivity index (χ4n) is 2.48. The van der Waals surface area contributed by atoms with Gasteiger partial charge in [-0.25, -0.2) is 13.8 Å². The van der Waals surface area contributed by atoms with Crippen molar-refractivity contribution in [3.05, 3.63) is 45.6 Å². The molecule has 1 aliphatic heterocycles. The van der Waals surface area contributed by atoms with Gasteiger partial charge in [-0.2, -0.15) is 4.98 Å². The van der Waals surface area contributed by atoms with Crippen LogP contribution in [0.1, 0.15) is 5.69 Å². The van der Waals surface area contributed by atoms with Crippen LogP contribution in [-0.4, -0.2) is 41.2 Å². The van der Waals surface area contributed by atoms with Gasteiger partial charge in [-0.05, 0) is 19.1 Å². The molecule has 1 saturated heterocycles. The first-order valence-electron chi connectivity index (χ1n) is 7.53. The summed E-state index contributed by atoms with van der Waals surface area (Å²) in [5.74, 6) is -1.48. The Hall–Kier alpha value is -2.88. The minimum absolute atomic E-state index is 0.115. The number of nitro groups is 1. The summed E-state index contributed by atoms with van der Waals surface area (Å²) >= 11 is 0. The van der Waals surface area contributed by atoms with Gasteiger partial charge in [-0.3, -0.25) is 10.1 Å². The first kappa shape index (κ1) is 17.0. The molecular weight excluding hydrogens is 336 g/mol. The van der Waals surface area contributed by atoms with Gasteiger partial charge in [0.15, 0.2) is 0 Å². The Morgan fingerprint density at radius 3 is 2.64 bits per heavy atom. The van der Waals surface area contributed by atoms with E-state index >= 15 is 0 Å². The van der Waals surface area contributed by atoms with E-state index in [0.29, 0.717) is 32.4 Å². The molecule has 0 spiro atoms. The van der Waals surface area contributed by atoms with Crippen LogP contribution in [0, 0.1) is 28.7 Å². The molecule has 0 saturated carbocycles. The number of morpholine rings is 1. The second-order valence-electron chi connectivity index (χ2n) is 5.41. The van der Waals surface area contributed by atoms with Gasteiger partial charge >= 0.3 is 5.69 Å². The lowest BCUT2D eigenvalue weighted by Crippen LogP contribution is -2.37. The highest BCUT2D eigenvalue weighted by molar-refractivity contribution is 5.68. The number of hydrogen-bond donors (Lipinski definition) is 1. The maximum absolute atomic E-state index is 13.9. The fraction of sp³-hybridized carbons (Fsp3) is 0.333. The Morgan fingerprint density at radius 1 is 1.28 bits per heavy atom. The molecule has 1 N–H and O–H groups in total. The third-order valence-electron chi connectivity index (χ3n) is 3.71. The normalized spacial score (nSPS) is 14.4. The monoisotopic (exact) mass is 351 g/mol. The molecule has 10 heteroatoms. The Morgan fingerprint density at radius 2 is 2.00 bits per heavy atom. The molecule has 25 heavy (non-hydrogen) atoms. The van der Waals surface area contributed by atoms with E-state index < -0.39 is 16.6 Å². The molecule has 3 rings (SSSR count). The Balaban J connectivity index is 2.02. The highest BCUT2D eigenvalue weighted by atomic mass is 19.1. The molecular formula is C15H15F2N5O3. The van der Waals surface area contributed by atoms with E-state index in [4.69, 9.17) is 4.74 Å². The minimum atomic E-state index is -0.876. The topological polar surface area (TPSA) is 93.4 Å². The van der Waals surface area contributed by atoms with Gasteiger partial charge < -0.3 is 15.0 Å². The molecule has 0 aliphatic carbocycles. The quantitative estimate of drug-likeness (QED) is 0.668. The molecule has 1 aromatic carbocycles. The van der Waals surface area contributed by atoms with Crippen LogP contribution >= 0.6 is 0 Å². The lowest BCUT2D eigenvalue weighted by atomic mass is 10.2. The van der Waals surface area contributed by atoms with Crippen molar-refractivity contribution in [2.45, 2.75) is 6.92 Å². The summed E-state index contributed by atoms with van der Waals surface area (Å²) in [5.41, 5.74) is -0.331. The number of halogens is 2. The molecule has 1 aromatic heterocycles. The molecule has 2 aromatic rings. The van der Waals surface area contributed by atoms with Gasteiger partial charge in [0.25, 0.3) is 0 Å². The van der Waals surface area contributed by atoms with Crippen LogP contribution in [0.25, 0.3) is 0 Å². The van der Waals surface area contributed by atoms with Gasteiger partial charge in [0.05, 0.1) is 23.8 Å². The lowest BCUT2D eigenvalue weighted by molar-refractivity contribution is -0.385. The van der Waals surface area contributed by atoms with Crippen molar-refractivity contribution in [3.8, 4) is 0 Å². The largest absolute Gasteiger partial charge is 0.378 e. The van der Waals surface area contributed by atoms with Crippen molar-refractivity contribution in [2.24, 2.45) is 0 Å². The second-order valence-corrected chi connectivity index (χ2v) is 5.41. The molecule has 0 bridgehead atoms. The Kier molecular flexibility index (Phi) is 4.70. The molecule has 132 valence electrons. The number of aromatic nitrogens is 2. The molecule has 8 nitrogen and oxygen atoms in total. The number of benzene rings is 1. The van der Waals surface area contributed by atoms with Crippen LogP contribution in [-0.2, 0) is 4.74 Å². The molecule has 2 heterocycles. The van der Waals surface area contributed by atoms with E-state index in [1.807, 2.05) is 4.90 Å². The summed E-state index contributed by atoms with van der Waals surface area (Å²) in [6.45, 7) is 3.56. The van der Waals surface area contributed by atoms with Crippen LogP contribution in [0.5, 0.6) is 0 Å². The maximum atomic E-state index is 13.9. The second kappa shape index (κ2) is 6.93. The van der Waals surface area contributed by atoms with E-state index in [9.17, 15) is 18.9 Å². The zero-order valence-corrected chi connectivity index (χ0v) is 13.3. The number of nitrogens with one attached hydrogen (secondary N) is 1. The van der Waals surface area contributed by atoms with Gasteiger partial charge in [-0.1, -0.05) is 0 Å². The van der Waals surface area contributed by atoms with Crippen LogP contribution in [0.3, 0.4) is 0 Å². The summed E-state index contributed by atoms with van der Waals surface area (Å²) in [7, 11) is 0. The van der Waals surface area contributed by atoms with Crippen LogP contribution in [0.15, 0.2) is 18.2 Å². The Bertz CT molecular complexity index is 812. The SMILES string of the molecule is Cc1nc(N2CCOCC2)nc(Nc2ccc(F)cc2F)c1[N+](=O)[O-]. The lowest BCUT2D eigenvalue weighted by Gasteiger charge is -2.27. The summed E-state index contributed by atoms with van der Waals surface area (Å²) < 4.78 is 32.2. The zero-order valence-electron chi connectivity index (χ0n) is 13.3. The summed E-state index contributed by atoms with van der Waals surface area (Å²) in [5, 5.41) is 13.9. The van der Waals surface area contributed by atoms with Crippen molar-refractivity contribution < 1.29 is 18.4 Å². The first-order valence-corrected chi connectivity index (χ1v) is 7.53. The van der Waals surface area contributed by atoms with Crippen LogP contribution in [0.4, 0.5) is 31.9 Å². The van der Waals surface area contributed by atoms with E-state index in [0.717, 1.165) is 12.1 Å². The fourth-order valence-corrected chi connectivity index (χ4v) is 2.48. The summed E-state index contributed by atoms with van der Waals surface area (Å²) in [6.07, 6.45) is 0. The van der Waals surface area contributed by atoms with Crippen molar-refractivity contribution in [2.75, 3.05) is 36.5 Å². The summed E-state index contributed by atoms with van der Waals surface area (Å²) in [6, 6.07) is 2.89. The highest BCUT2D eigenvalue weighted by Gasteiger charge is 2.25. The standard InChI is InChI=1S/C15H15F2N5O3/c1-9-13(22(23)24)14(19-12-3-2-10(16)8-11(12)17)20-15(18-9)21-4-6-25-7-5-21/h2-3,8H,4-7H2,1H3,(H,18,19,20). The van der Waals surface area contributed by atoms with Gasteiger partial charge in [0, 0.05) is 19.2 Å². The van der Waals surface area contributed by atoms with Crippen molar-refractivity contribution in [1.82, 2.24) is 9.97 Å². The number of rotatable bonds is 4. The molecule has 0 radical (unpaired) electrons. The number of aryl methyl sites for hydroxylation is 1. The smallest absolute Gasteiger partial charge is 0.332 e. The van der Waals surface area contributed by atoms with Crippen LogP contribution in [0.2, 0.25) is 0 Å². The van der Waals surface area contributed by atoms with Crippen LogP contribution < -0.4 is 10.2 Å². The predicted octanol–water partition coefficient (Wildman–Crippen LogP) is 2.55. The molecule has 1 aliphatic rings. The number of hydrogen-bond acceptors (Lipinski definition) is 7. The van der Waals surface area contributed by atoms with E-state index in [1.165, 1.54) is 6.92 Å². The average Bonchev–Trinajstić information content (AvgIpc) is 2.57. The molecule has 1 fully saturated rings. The molecule has 0 amide bonds. The van der Waals surface area contributed by atoms with Crippen molar-refractivity contribution in [3.63, 3.8) is 0 Å². The Labute approximate surface area is 141 Å². The molecule has 0 atom stereocenters. The number of anilines is 3. The van der Waals surface area contributed by atoms with Gasteiger partial charge in [0.2, 0.25) is 11.8 Å². The number of nitrogens with zero attached hydrogens (tertiary/aromatic N) is 4. The van der Waals surface area contributed by atoms with Crippen molar-refractivity contribution >= 4 is 23.1 Å². The first-order chi connectivity index (χ1) is 12.0.